The van der Waals surface area contributed by atoms with Crippen LogP contribution in [-0.4, -0.2) is 34.2 Å². The normalized spacial score (nSPS) is 12.7. The van der Waals surface area contributed by atoms with E-state index in [1.54, 1.807) is 6.19 Å². The van der Waals surface area contributed by atoms with Gasteiger partial charge in [0, 0.05) is 11.5 Å². The fraction of sp³-hybridized carbons (Fsp3) is 0.750. The van der Waals surface area contributed by atoms with Gasteiger partial charge in [0.2, 0.25) is 6.19 Å². The number of nitriles is 1. The van der Waals surface area contributed by atoms with E-state index in [0.717, 1.165) is 23.5 Å². The molecule has 0 rings (SSSR count). The van der Waals surface area contributed by atoms with Crippen LogP contribution < -0.4 is 0 Å². The molecule has 12 heteroatoms. The molecule has 0 saturated carbocycles. The van der Waals surface area contributed by atoms with Gasteiger partial charge in [-0.05, 0) is 0 Å². The number of hydrogen-bond donors (Lipinski definition) is 0. The average molecular weight is 478 g/mol. The van der Waals surface area contributed by atoms with E-state index in [-0.39, 0.29) is 11.5 Å². The number of rotatable bonds is 6. The van der Waals surface area contributed by atoms with Crippen LogP contribution in [0.25, 0.3) is 0 Å². The molecule has 0 atom stereocenters. The van der Waals surface area contributed by atoms with Crippen LogP contribution in [0.4, 0.5) is 0 Å². The second kappa shape index (κ2) is 10.1. The van der Waals surface area contributed by atoms with Gasteiger partial charge >= 0.3 is 0 Å². The summed E-state index contributed by atoms with van der Waals surface area (Å²) in [7, 11) is 0. The zero-order valence-electron chi connectivity index (χ0n) is 9.30. The Kier molecular flexibility index (Phi) is 11.2. The summed E-state index contributed by atoms with van der Waals surface area (Å²) in [5, 5.41) is 8.61. The van der Waals surface area contributed by atoms with Crippen molar-refractivity contribution < 1.29 is 0 Å². The van der Waals surface area contributed by atoms with E-state index in [4.69, 9.17) is 98.1 Å². The molecule has 0 aliphatic carbocycles. The largest absolute Gasteiger partial charge is 0.207 e. The number of halogens is 8. The summed E-state index contributed by atoms with van der Waals surface area (Å²) in [6.45, 7) is 0. The molecular weight excluding hydrogens is 472 g/mol. The topological polar surface area (TPSA) is 36.1 Å². The van der Waals surface area contributed by atoms with Crippen molar-refractivity contribution in [1.29, 1.82) is 5.26 Å². The molecule has 0 bridgehead atoms. The lowest BCUT2D eigenvalue weighted by Crippen LogP contribution is -2.27. The molecule has 0 N–H and O–H groups in total. The van der Waals surface area contributed by atoms with Crippen LogP contribution in [0, 0.1) is 11.5 Å². The summed E-state index contributed by atoms with van der Waals surface area (Å²) in [4.78, 5) is 1.59. The highest BCUT2D eigenvalue weighted by molar-refractivity contribution is 8.39. The first-order valence-electron chi connectivity index (χ1n) is 4.57. The van der Waals surface area contributed by atoms with E-state index in [1.165, 1.54) is 0 Å². The summed E-state index contributed by atoms with van der Waals surface area (Å²) < 4.78 is -2.43. The number of alkyl halides is 8. The smallest absolute Gasteiger partial charge is 0.170 e. The lowest BCUT2D eigenvalue weighted by atomic mass is 10.5. The van der Waals surface area contributed by atoms with Crippen LogP contribution in [0.1, 0.15) is 0 Å². The first-order chi connectivity index (χ1) is 9.03. The van der Waals surface area contributed by atoms with Crippen LogP contribution in [-0.2, 0) is 0 Å². The van der Waals surface area contributed by atoms with Crippen LogP contribution in [0.5, 0.6) is 0 Å². The molecule has 0 amide bonds. The van der Waals surface area contributed by atoms with Gasteiger partial charge in [-0.1, -0.05) is 69.9 Å². The van der Waals surface area contributed by atoms with Crippen molar-refractivity contribution in [1.82, 2.24) is 0 Å². The maximum absolute atomic E-state index is 8.61. The number of aliphatic imine (C=N–C) groups is 1. The summed E-state index contributed by atoms with van der Waals surface area (Å²) in [6, 6.07) is 0. The van der Waals surface area contributed by atoms with Gasteiger partial charge in [0.25, 0.3) is 0 Å². The van der Waals surface area contributed by atoms with Gasteiger partial charge in [0.1, 0.15) is 14.0 Å². The SMILES string of the molecule is N#CN=C(SCC(Cl)(Cl)C(Cl)Cl)SCC(Cl)(Cl)C(Cl)Cl. The first-order valence-corrected chi connectivity index (χ1v) is 9.80. The fourth-order valence-corrected chi connectivity index (χ4v) is 3.78. The van der Waals surface area contributed by atoms with E-state index in [2.05, 4.69) is 4.99 Å². The minimum absolute atomic E-state index is 0.115. The number of hydrogen-bond acceptors (Lipinski definition) is 4. The zero-order valence-corrected chi connectivity index (χ0v) is 17.0. The van der Waals surface area contributed by atoms with Gasteiger partial charge in [-0.25, -0.2) is 0 Å². The highest BCUT2D eigenvalue weighted by atomic mass is 35.5. The maximum Gasteiger partial charge on any atom is 0.207 e. The first kappa shape index (κ1) is 22.2. The molecule has 0 radical (unpaired) electrons. The van der Waals surface area contributed by atoms with Gasteiger partial charge in [-0.3, -0.25) is 0 Å². The third-order valence-corrected chi connectivity index (χ3v) is 8.56. The summed E-state index contributed by atoms with van der Waals surface area (Å²) in [5.74, 6) is 0.230. The van der Waals surface area contributed by atoms with E-state index in [1.807, 2.05) is 0 Å². The average Bonchev–Trinajstić information content (AvgIpc) is 2.32. The van der Waals surface area contributed by atoms with Crippen LogP contribution >= 0.6 is 116 Å². The quantitative estimate of drug-likeness (QED) is 0.196. The second-order valence-electron chi connectivity index (χ2n) is 3.18. The summed E-state index contributed by atoms with van der Waals surface area (Å²) >= 11 is 48.2. The van der Waals surface area contributed by atoms with Crippen molar-refractivity contribution in [3.05, 3.63) is 0 Å². The monoisotopic (exact) mass is 474 g/mol. The highest BCUT2D eigenvalue weighted by Crippen LogP contribution is 2.39. The van der Waals surface area contributed by atoms with Gasteiger partial charge < -0.3 is 0 Å². The van der Waals surface area contributed by atoms with Gasteiger partial charge in [0.05, 0.1) is 0 Å². The second-order valence-corrected chi connectivity index (χ2v) is 10.6. The lowest BCUT2D eigenvalue weighted by molar-refractivity contribution is 0.968. The third-order valence-electron chi connectivity index (χ3n) is 1.56. The molecule has 0 unspecified atom stereocenters. The number of thioether (sulfide) groups is 2. The fourth-order valence-electron chi connectivity index (χ4n) is 0.589. The summed E-state index contributed by atoms with van der Waals surface area (Å²) in [6.07, 6.45) is 1.64. The van der Waals surface area contributed by atoms with Crippen molar-refractivity contribution in [2.24, 2.45) is 4.99 Å². The molecule has 20 heavy (non-hydrogen) atoms. The Morgan fingerprint density at radius 2 is 1.30 bits per heavy atom. The predicted molar refractivity (Wildman–Crippen MR) is 97.8 cm³/mol. The Bertz CT molecular complexity index is 353. The zero-order chi connectivity index (χ0) is 16.0. The maximum atomic E-state index is 8.61. The molecule has 116 valence electrons. The minimum Gasteiger partial charge on any atom is -0.170 e. The molecule has 0 spiro atoms. The van der Waals surface area contributed by atoms with E-state index in [9.17, 15) is 0 Å². The third kappa shape index (κ3) is 8.72. The molecule has 0 aromatic rings. The van der Waals surface area contributed by atoms with E-state index in [0.29, 0.717) is 4.38 Å². The van der Waals surface area contributed by atoms with Crippen LogP contribution in [0.3, 0.4) is 0 Å². The molecule has 0 aliphatic heterocycles. The van der Waals surface area contributed by atoms with Crippen molar-refractivity contribution >= 4 is 121 Å². The molecule has 0 aliphatic rings. The molecular formula is C8H6Cl8N2S2. The summed E-state index contributed by atoms with van der Waals surface area (Å²) in [5.41, 5.74) is 0. The Morgan fingerprint density at radius 1 is 0.950 bits per heavy atom. The molecule has 2 nitrogen and oxygen atoms in total. The van der Waals surface area contributed by atoms with Gasteiger partial charge in [-0.15, -0.1) is 46.4 Å². The Morgan fingerprint density at radius 3 is 1.55 bits per heavy atom. The van der Waals surface area contributed by atoms with Gasteiger partial charge in [0.15, 0.2) is 8.67 Å². The van der Waals surface area contributed by atoms with Crippen LogP contribution in [0.15, 0.2) is 4.99 Å². The Balaban J connectivity index is 4.56. The lowest BCUT2D eigenvalue weighted by Gasteiger charge is -2.22. The molecule has 0 saturated heterocycles. The number of nitrogens with zero attached hydrogens (tertiary/aromatic N) is 2. The molecule has 0 aromatic carbocycles. The molecule has 0 aromatic heterocycles. The predicted octanol–water partition coefficient (Wildman–Crippen LogP) is 6.25. The Hall–Kier alpha value is 2.18. The molecule has 0 heterocycles. The van der Waals surface area contributed by atoms with Crippen molar-refractivity contribution in [2.75, 3.05) is 11.5 Å². The highest BCUT2D eigenvalue weighted by Gasteiger charge is 2.35. The van der Waals surface area contributed by atoms with E-state index >= 15 is 0 Å². The standard InChI is InChI=1S/C8H6Cl8N2S2/c9-4(10)7(13,14)1-19-6(18-3-17)20-2-8(15,16)5(11)12/h4-5H,1-2H2. The van der Waals surface area contributed by atoms with Crippen molar-refractivity contribution in [3.63, 3.8) is 0 Å². The molecule has 0 fully saturated rings. The van der Waals surface area contributed by atoms with E-state index < -0.39 is 18.3 Å². The van der Waals surface area contributed by atoms with Crippen molar-refractivity contribution in [2.45, 2.75) is 18.3 Å². The Labute approximate surface area is 165 Å². The van der Waals surface area contributed by atoms with Gasteiger partial charge in [-0.2, -0.15) is 10.3 Å². The van der Waals surface area contributed by atoms with Crippen molar-refractivity contribution in [3.8, 4) is 6.19 Å². The minimum atomic E-state index is -1.38. The van der Waals surface area contributed by atoms with Crippen LogP contribution in [0.2, 0.25) is 0 Å².